The first kappa shape index (κ1) is 10.3. The number of rotatable bonds is 2. The monoisotopic (exact) mass is 191 g/mol. The Balaban J connectivity index is 3.10. The van der Waals surface area contributed by atoms with Crippen LogP contribution in [0.5, 0.6) is 5.75 Å². The highest BCUT2D eigenvalue weighted by Crippen LogP contribution is 2.21. The number of nitriles is 1. The fraction of sp³-hybridized carbons (Fsp3) is 0.182. The van der Waals surface area contributed by atoms with Crippen molar-refractivity contribution in [3.05, 3.63) is 35.7 Å². The van der Waals surface area contributed by atoms with Gasteiger partial charge in [-0.15, -0.1) is 0 Å². The zero-order valence-electron chi connectivity index (χ0n) is 8.04. The maximum Gasteiger partial charge on any atom is 0.165 e. The Kier molecular flexibility index (Phi) is 3.24. The molecule has 0 saturated heterocycles. The zero-order valence-corrected chi connectivity index (χ0v) is 8.04. The van der Waals surface area contributed by atoms with E-state index in [9.17, 15) is 4.39 Å². The van der Waals surface area contributed by atoms with Crippen LogP contribution in [0.3, 0.4) is 0 Å². The number of benzene rings is 1. The summed E-state index contributed by atoms with van der Waals surface area (Å²) < 4.78 is 18.0. The van der Waals surface area contributed by atoms with E-state index in [1.165, 1.54) is 19.3 Å². The Labute approximate surface area is 82.2 Å². The molecular formula is C11H10FNO. The van der Waals surface area contributed by atoms with Gasteiger partial charge in [-0.1, -0.05) is 6.07 Å². The summed E-state index contributed by atoms with van der Waals surface area (Å²) in [6.45, 7) is 1.75. The molecule has 0 aliphatic rings. The van der Waals surface area contributed by atoms with Crippen molar-refractivity contribution in [2.75, 3.05) is 7.11 Å². The van der Waals surface area contributed by atoms with Gasteiger partial charge in [-0.05, 0) is 30.2 Å². The van der Waals surface area contributed by atoms with E-state index in [0.29, 0.717) is 5.56 Å². The van der Waals surface area contributed by atoms with Crippen LogP contribution in [0.2, 0.25) is 0 Å². The first-order valence-electron chi connectivity index (χ1n) is 4.09. The minimum absolute atomic E-state index is 0.207. The van der Waals surface area contributed by atoms with E-state index in [-0.39, 0.29) is 5.75 Å². The molecule has 0 atom stereocenters. The fourth-order valence-electron chi connectivity index (χ4n) is 1.09. The van der Waals surface area contributed by atoms with Crippen molar-refractivity contribution in [2.24, 2.45) is 0 Å². The van der Waals surface area contributed by atoms with E-state index < -0.39 is 5.82 Å². The predicted octanol–water partition coefficient (Wildman–Crippen LogP) is 2.76. The van der Waals surface area contributed by atoms with Crippen molar-refractivity contribution in [2.45, 2.75) is 6.92 Å². The van der Waals surface area contributed by atoms with Crippen LogP contribution in [-0.4, -0.2) is 7.11 Å². The molecule has 1 rings (SSSR count). The maximum atomic E-state index is 13.2. The molecule has 14 heavy (non-hydrogen) atoms. The standard InChI is InChI=1S/C11H10FNO/c1-8(5-6-13)9-3-4-11(14-2)10(12)7-9/h3-5,7H,1-2H3. The van der Waals surface area contributed by atoms with E-state index >= 15 is 0 Å². The number of halogens is 1. The van der Waals surface area contributed by atoms with Gasteiger partial charge in [0.25, 0.3) is 0 Å². The van der Waals surface area contributed by atoms with Gasteiger partial charge in [-0.25, -0.2) is 4.39 Å². The summed E-state index contributed by atoms with van der Waals surface area (Å²) in [6, 6.07) is 6.50. The van der Waals surface area contributed by atoms with Crippen LogP contribution in [0.4, 0.5) is 4.39 Å². The molecule has 0 radical (unpaired) electrons. The summed E-state index contributed by atoms with van der Waals surface area (Å²) >= 11 is 0. The number of nitrogens with zero attached hydrogens (tertiary/aromatic N) is 1. The third-order valence-electron chi connectivity index (χ3n) is 1.89. The number of methoxy groups -OCH3 is 1. The second kappa shape index (κ2) is 4.43. The third kappa shape index (κ3) is 2.11. The lowest BCUT2D eigenvalue weighted by molar-refractivity contribution is 0.386. The number of ether oxygens (including phenoxy) is 1. The molecule has 0 spiro atoms. The molecule has 0 aromatic heterocycles. The Hall–Kier alpha value is -1.82. The Morgan fingerprint density at radius 2 is 2.29 bits per heavy atom. The highest BCUT2D eigenvalue weighted by molar-refractivity contribution is 5.66. The van der Waals surface area contributed by atoms with Crippen LogP contribution >= 0.6 is 0 Å². The number of allylic oxidation sites excluding steroid dienone is 2. The van der Waals surface area contributed by atoms with E-state index in [1.54, 1.807) is 19.1 Å². The van der Waals surface area contributed by atoms with Gasteiger partial charge >= 0.3 is 0 Å². The summed E-state index contributed by atoms with van der Waals surface area (Å²) in [6.07, 6.45) is 1.38. The van der Waals surface area contributed by atoms with Crippen LogP contribution in [0.1, 0.15) is 12.5 Å². The molecule has 0 saturated carbocycles. The van der Waals surface area contributed by atoms with Crippen LogP contribution in [0.25, 0.3) is 5.57 Å². The smallest absolute Gasteiger partial charge is 0.165 e. The Morgan fingerprint density at radius 3 is 2.79 bits per heavy atom. The zero-order chi connectivity index (χ0) is 10.6. The molecule has 1 aromatic carbocycles. The predicted molar refractivity (Wildman–Crippen MR) is 52.2 cm³/mol. The van der Waals surface area contributed by atoms with Gasteiger partial charge in [-0.2, -0.15) is 5.26 Å². The van der Waals surface area contributed by atoms with Gasteiger partial charge in [0.1, 0.15) is 0 Å². The summed E-state index contributed by atoms with van der Waals surface area (Å²) in [5, 5.41) is 8.42. The first-order chi connectivity index (χ1) is 6.69. The van der Waals surface area contributed by atoms with Gasteiger partial charge in [0.2, 0.25) is 0 Å². The highest BCUT2D eigenvalue weighted by Gasteiger charge is 2.03. The lowest BCUT2D eigenvalue weighted by Crippen LogP contribution is -1.89. The molecule has 2 nitrogen and oxygen atoms in total. The van der Waals surface area contributed by atoms with Gasteiger partial charge in [-0.3, -0.25) is 0 Å². The SMILES string of the molecule is COc1ccc(C(C)=CC#N)cc1F. The number of hydrogen-bond acceptors (Lipinski definition) is 2. The molecule has 0 unspecified atom stereocenters. The summed E-state index contributed by atoms with van der Waals surface area (Å²) in [7, 11) is 1.41. The molecule has 0 aliphatic heterocycles. The van der Waals surface area contributed by atoms with Crippen molar-refractivity contribution in [3.63, 3.8) is 0 Å². The second-order valence-corrected chi connectivity index (χ2v) is 2.81. The molecular weight excluding hydrogens is 181 g/mol. The van der Waals surface area contributed by atoms with E-state index in [4.69, 9.17) is 10.00 Å². The van der Waals surface area contributed by atoms with Crippen molar-refractivity contribution in [1.29, 1.82) is 5.26 Å². The average molecular weight is 191 g/mol. The lowest BCUT2D eigenvalue weighted by Gasteiger charge is -2.04. The van der Waals surface area contributed by atoms with Gasteiger partial charge in [0.05, 0.1) is 13.2 Å². The summed E-state index contributed by atoms with van der Waals surface area (Å²) in [5.41, 5.74) is 1.42. The van der Waals surface area contributed by atoms with Crippen LogP contribution in [-0.2, 0) is 0 Å². The molecule has 0 fully saturated rings. The maximum absolute atomic E-state index is 13.2. The third-order valence-corrected chi connectivity index (χ3v) is 1.89. The van der Waals surface area contributed by atoms with Gasteiger partial charge in [0.15, 0.2) is 11.6 Å². The molecule has 1 aromatic rings. The van der Waals surface area contributed by atoms with Crippen LogP contribution < -0.4 is 4.74 Å². The summed E-state index contributed by atoms with van der Waals surface area (Å²) in [4.78, 5) is 0. The Morgan fingerprint density at radius 1 is 1.57 bits per heavy atom. The minimum atomic E-state index is -0.421. The van der Waals surface area contributed by atoms with Crippen molar-refractivity contribution >= 4 is 5.57 Å². The Bertz CT molecular complexity index is 404. The highest BCUT2D eigenvalue weighted by atomic mass is 19.1. The van der Waals surface area contributed by atoms with E-state index in [2.05, 4.69) is 0 Å². The van der Waals surface area contributed by atoms with Gasteiger partial charge < -0.3 is 4.74 Å². The summed E-state index contributed by atoms with van der Waals surface area (Å²) in [5.74, 6) is -0.214. The largest absolute Gasteiger partial charge is 0.494 e. The first-order valence-corrected chi connectivity index (χ1v) is 4.09. The van der Waals surface area contributed by atoms with Gasteiger partial charge in [0, 0.05) is 6.08 Å². The molecule has 0 aliphatic carbocycles. The molecule has 0 bridgehead atoms. The second-order valence-electron chi connectivity index (χ2n) is 2.81. The fourth-order valence-corrected chi connectivity index (χ4v) is 1.09. The lowest BCUT2D eigenvalue weighted by atomic mass is 10.1. The van der Waals surface area contributed by atoms with Crippen molar-refractivity contribution < 1.29 is 9.13 Å². The molecule has 72 valence electrons. The molecule has 3 heteroatoms. The quantitative estimate of drug-likeness (QED) is 0.673. The molecule has 0 amide bonds. The van der Waals surface area contributed by atoms with Crippen molar-refractivity contribution in [3.8, 4) is 11.8 Å². The van der Waals surface area contributed by atoms with Crippen LogP contribution in [0.15, 0.2) is 24.3 Å². The molecule has 0 N–H and O–H groups in total. The number of hydrogen-bond donors (Lipinski definition) is 0. The average Bonchev–Trinajstić information content (AvgIpc) is 2.18. The van der Waals surface area contributed by atoms with Crippen LogP contribution in [0, 0.1) is 17.1 Å². The minimum Gasteiger partial charge on any atom is -0.494 e. The topological polar surface area (TPSA) is 33.0 Å². The normalized spacial score (nSPS) is 10.9. The van der Waals surface area contributed by atoms with Crippen molar-refractivity contribution in [1.82, 2.24) is 0 Å². The molecule has 0 heterocycles. The van der Waals surface area contributed by atoms with E-state index in [0.717, 1.165) is 5.57 Å². The van der Waals surface area contributed by atoms with E-state index in [1.807, 2.05) is 6.07 Å².